The normalized spacial score (nSPS) is 14.5. The van der Waals surface area contributed by atoms with Crippen molar-refractivity contribution in [2.45, 2.75) is 13.0 Å². The number of hydrogen-bond acceptors (Lipinski definition) is 3. The fourth-order valence-corrected chi connectivity index (χ4v) is 4.27. The van der Waals surface area contributed by atoms with E-state index < -0.39 is 5.91 Å². The summed E-state index contributed by atoms with van der Waals surface area (Å²) in [6.07, 6.45) is 6.24. The molecule has 6 nitrogen and oxygen atoms in total. The van der Waals surface area contributed by atoms with Gasteiger partial charge in [-0.1, -0.05) is 60.7 Å². The minimum atomic E-state index is -0.419. The van der Waals surface area contributed by atoms with Crippen LogP contribution < -0.4 is 15.2 Å². The Morgan fingerprint density at radius 1 is 0.914 bits per heavy atom. The second-order valence-corrected chi connectivity index (χ2v) is 8.22. The van der Waals surface area contributed by atoms with Crippen LogP contribution in [0.15, 0.2) is 103 Å². The van der Waals surface area contributed by atoms with Gasteiger partial charge < -0.3 is 9.30 Å². The van der Waals surface area contributed by atoms with Gasteiger partial charge in [0.2, 0.25) is 0 Å². The van der Waals surface area contributed by atoms with Gasteiger partial charge in [0.15, 0.2) is 0 Å². The number of fused-ring (bicyclic) bond motifs is 1. The van der Waals surface area contributed by atoms with Crippen LogP contribution in [0.25, 0.3) is 17.0 Å². The number of rotatable bonds is 8. The molecule has 1 aromatic heterocycles. The summed E-state index contributed by atoms with van der Waals surface area (Å²) in [6.45, 7) is 4.91. The van der Waals surface area contributed by atoms with Crippen molar-refractivity contribution in [1.82, 2.24) is 9.99 Å². The number of amides is 2. The van der Waals surface area contributed by atoms with Gasteiger partial charge in [-0.2, -0.15) is 0 Å². The van der Waals surface area contributed by atoms with Crippen molar-refractivity contribution < 1.29 is 14.3 Å². The maximum absolute atomic E-state index is 13.0. The number of nitrogens with zero attached hydrogens (tertiary/aromatic N) is 2. The van der Waals surface area contributed by atoms with Gasteiger partial charge in [-0.25, -0.2) is 5.01 Å². The molecule has 0 radical (unpaired) electrons. The van der Waals surface area contributed by atoms with Crippen molar-refractivity contribution in [3.8, 4) is 5.75 Å². The lowest BCUT2D eigenvalue weighted by atomic mass is 10.1. The molecule has 0 atom stereocenters. The molecule has 0 bridgehead atoms. The number of nitrogens with one attached hydrogen (secondary N) is 1. The first-order valence-electron chi connectivity index (χ1n) is 11.5. The van der Waals surface area contributed by atoms with E-state index in [2.05, 4.69) is 16.6 Å². The van der Waals surface area contributed by atoms with Crippen molar-refractivity contribution in [3.63, 3.8) is 0 Å². The van der Waals surface area contributed by atoms with E-state index in [9.17, 15) is 9.59 Å². The molecule has 35 heavy (non-hydrogen) atoms. The van der Waals surface area contributed by atoms with Crippen LogP contribution in [0.4, 0.5) is 5.69 Å². The largest absolute Gasteiger partial charge is 0.491 e. The summed E-state index contributed by atoms with van der Waals surface area (Å²) in [4.78, 5) is 25.7. The summed E-state index contributed by atoms with van der Waals surface area (Å²) in [7, 11) is 0. The van der Waals surface area contributed by atoms with Crippen LogP contribution in [-0.4, -0.2) is 23.0 Å². The third-order valence-electron chi connectivity index (χ3n) is 5.95. The molecule has 6 heteroatoms. The van der Waals surface area contributed by atoms with Gasteiger partial charge in [0.05, 0.1) is 12.2 Å². The summed E-state index contributed by atoms with van der Waals surface area (Å²) in [5.41, 5.74) is 6.29. The molecular weight excluding hydrogens is 438 g/mol. The Balaban J connectivity index is 1.40. The number of allylic oxidation sites excluding steroid dienone is 1. The molecule has 5 rings (SSSR count). The minimum absolute atomic E-state index is 0.103. The molecule has 3 aromatic carbocycles. The first-order chi connectivity index (χ1) is 17.2. The van der Waals surface area contributed by atoms with Gasteiger partial charge in [0.1, 0.15) is 17.9 Å². The lowest BCUT2D eigenvalue weighted by molar-refractivity contribution is -0.117. The van der Waals surface area contributed by atoms with Crippen LogP contribution in [0, 0.1) is 0 Å². The van der Waals surface area contributed by atoms with Gasteiger partial charge in [-0.3, -0.25) is 15.0 Å². The zero-order valence-electron chi connectivity index (χ0n) is 19.2. The molecule has 1 aliphatic rings. The first-order valence-corrected chi connectivity index (χ1v) is 11.5. The second kappa shape index (κ2) is 9.73. The molecule has 2 heterocycles. The van der Waals surface area contributed by atoms with Crippen molar-refractivity contribution in [2.75, 3.05) is 11.6 Å². The number of hydrogen-bond donors (Lipinski definition) is 1. The van der Waals surface area contributed by atoms with Gasteiger partial charge in [-0.15, -0.1) is 6.58 Å². The lowest BCUT2D eigenvalue weighted by Crippen LogP contribution is -2.35. The monoisotopic (exact) mass is 463 g/mol. The number of ether oxygens (including phenoxy) is 1. The van der Waals surface area contributed by atoms with E-state index in [1.807, 2.05) is 79.0 Å². The Kier molecular flexibility index (Phi) is 6.18. The smallest absolute Gasteiger partial charge is 0.282 e. The summed E-state index contributed by atoms with van der Waals surface area (Å²) in [5, 5.41) is 2.24. The molecule has 1 saturated heterocycles. The van der Waals surface area contributed by atoms with Gasteiger partial charge in [-0.05, 0) is 42.3 Å². The van der Waals surface area contributed by atoms with E-state index in [1.165, 1.54) is 5.01 Å². The highest BCUT2D eigenvalue weighted by atomic mass is 16.5. The number of carbonyl (C=O) groups is 2. The molecule has 0 spiro atoms. The number of hydrazine groups is 1. The highest BCUT2D eigenvalue weighted by molar-refractivity contribution is 6.32. The van der Waals surface area contributed by atoms with Crippen molar-refractivity contribution in [2.24, 2.45) is 0 Å². The summed E-state index contributed by atoms with van der Waals surface area (Å²) >= 11 is 0. The average molecular weight is 464 g/mol. The van der Waals surface area contributed by atoms with E-state index in [0.29, 0.717) is 18.8 Å². The molecule has 174 valence electrons. The van der Waals surface area contributed by atoms with Gasteiger partial charge >= 0.3 is 0 Å². The van der Waals surface area contributed by atoms with Gasteiger partial charge in [0, 0.05) is 22.7 Å². The van der Waals surface area contributed by atoms with Crippen molar-refractivity contribution in [3.05, 3.63) is 114 Å². The maximum atomic E-state index is 13.0. The second-order valence-electron chi connectivity index (χ2n) is 8.22. The highest BCUT2D eigenvalue weighted by Crippen LogP contribution is 2.27. The Morgan fingerprint density at radius 3 is 2.49 bits per heavy atom. The van der Waals surface area contributed by atoms with Crippen molar-refractivity contribution in [1.29, 1.82) is 0 Å². The molecule has 1 N–H and O–H groups in total. The lowest BCUT2D eigenvalue weighted by Gasteiger charge is -2.13. The fraction of sp³-hybridized carbons (Fsp3) is 0.103. The highest BCUT2D eigenvalue weighted by Gasteiger charge is 2.34. The Labute approximate surface area is 203 Å². The van der Waals surface area contributed by atoms with Crippen LogP contribution in [0.2, 0.25) is 0 Å². The molecule has 1 fully saturated rings. The number of aromatic nitrogens is 1. The predicted molar refractivity (Wildman–Crippen MR) is 138 cm³/mol. The van der Waals surface area contributed by atoms with Gasteiger partial charge in [0.25, 0.3) is 11.8 Å². The molecule has 1 aliphatic heterocycles. The molecule has 0 aliphatic carbocycles. The van der Waals surface area contributed by atoms with E-state index in [4.69, 9.17) is 4.74 Å². The fourth-order valence-electron chi connectivity index (χ4n) is 4.27. The number of benzene rings is 3. The van der Waals surface area contributed by atoms with Crippen molar-refractivity contribution >= 4 is 34.5 Å². The third kappa shape index (κ3) is 4.46. The third-order valence-corrected chi connectivity index (χ3v) is 5.95. The van der Waals surface area contributed by atoms with Crippen LogP contribution in [-0.2, 0) is 22.6 Å². The molecule has 2 amide bonds. The Bertz CT molecular complexity index is 1440. The van der Waals surface area contributed by atoms with E-state index in [0.717, 1.165) is 34.2 Å². The van der Waals surface area contributed by atoms with Crippen LogP contribution >= 0.6 is 0 Å². The van der Waals surface area contributed by atoms with E-state index >= 15 is 0 Å². The zero-order valence-corrected chi connectivity index (χ0v) is 19.2. The zero-order chi connectivity index (χ0) is 24.2. The number of carbonyl (C=O) groups excluding carboxylic acids is 2. The molecule has 0 saturated carbocycles. The van der Waals surface area contributed by atoms with Crippen LogP contribution in [0.3, 0.4) is 0 Å². The minimum Gasteiger partial charge on any atom is -0.491 e. The van der Waals surface area contributed by atoms with E-state index in [1.54, 1.807) is 18.2 Å². The summed E-state index contributed by atoms with van der Waals surface area (Å²) < 4.78 is 8.16. The topological polar surface area (TPSA) is 63.6 Å². The molecular formula is C29H25N3O3. The first kappa shape index (κ1) is 22.2. The average Bonchev–Trinajstić information content (AvgIpc) is 3.38. The summed E-state index contributed by atoms with van der Waals surface area (Å²) in [5.74, 6) is 0.0541. The number of anilines is 1. The van der Waals surface area contributed by atoms with Crippen LogP contribution in [0.5, 0.6) is 5.75 Å². The molecule has 0 unspecified atom stereocenters. The Morgan fingerprint density at radius 2 is 1.66 bits per heavy atom. The Hall–Kier alpha value is -4.58. The van der Waals surface area contributed by atoms with Crippen LogP contribution in [0.1, 0.15) is 11.1 Å². The quantitative estimate of drug-likeness (QED) is 0.229. The predicted octanol–water partition coefficient (Wildman–Crippen LogP) is 4.91. The summed E-state index contributed by atoms with van der Waals surface area (Å²) in [6, 6.07) is 24.9. The maximum Gasteiger partial charge on any atom is 0.282 e. The molecule has 4 aromatic rings. The SMILES string of the molecule is C=CCc1ccccc1OCCn1cc(/C=C2/C(=O)NN(c3ccccc3)C2=O)c2ccccc21. The standard InChI is InChI=1S/C29H25N3O3/c1-2-10-21-11-6-9-16-27(21)35-18-17-31-20-22(24-14-7-8-15-26(24)31)19-25-28(33)30-32(29(25)34)23-12-4-3-5-13-23/h2-9,11-16,19-20H,1,10,17-18H2,(H,30,33)/b25-19-. The van der Waals surface area contributed by atoms with E-state index in [-0.39, 0.29) is 11.5 Å². The number of para-hydroxylation sites is 3.